The lowest BCUT2D eigenvalue weighted by molar-refractivity contribution is -0.129. The van der Waals surface area contributed by atoms with Crippen molar-refractivity contribution in [2.45, 2.75) is 6.61 Å². The summed E-state index contributed by atoms with van der Waals surface area (Å²) in [5.74, 6) is -1.85. The fourth-order valence-corrected chi connectivity index (χ4v) is 0.760. The van der Waals surface area contributed by atoms with Crippen molar-refractivity contribution < 1.29 is 18.3 Å². The lowest BCUT2D eigenvalue weighted by Crippen LogP contribution is -1.92. The highest BCUT2D eigenvalue weighted by atomic mass is 19.2. The van der Waals surface area contributed by atoms with E-state index < -0.39 is 11.6 Å². The minimum atomic E-state index is -0.943. The summed E-state index contributed by atoms with van der Waals surface area (Å²) in [5, 5.41) is 0. The van der Waals surface area contributed by atoms with Crippen LogP contribution in [0.5, 0.6) is 0 Å². The Labute approximate surface area is 67.8 Å². The molecule has 0 aliphatic carbocycles. The second-order valence-electron chi connectivity index (χ2n) is 2.16. The molecule has 0 spiro atoms. The normalized spacial score (nSPS) is 9.50. The van der Waals surface area contributed by atoms with Crippen molar-refractivity contribution in [1.82, 2.24) is 0 Å². The second kappa shape index (κ2) is 3.80. The van der Waals surface area contributed by atoms with Gasteiger partial charge in [0.25, 0.3) is 6.47 Å². The molecule has 1 aromatic rings. The highest BCUT2D eigenvalue weighted by Crippen LogP contribution is 2.08. The predicted octanol–water partition coefficient (Wildman–Crippen LogP) is 1.64. The van der Waals surface area contributed by atoms with Crippen molar-refractivity contribution in [3.8, 4) is 0 Å². The van der Waals surface area contributed by atoms with E-state index in [4.69, 9.17) is 0 Å². The molecule has 0 fully saturated rings. The molecule has 0 saturated heterocycles. The number of carbonyl (C=O) groups excluding carboxylic acids is 1. The molecular weight excluding hydrogens is 166 g/mol. The monoisotopic (exact) mass is 172 g/mol. The smallest absolute Gasteiger partial charge is 0.293 e. The third kappa shape index (κ3) is 2.02. The van der Waals surface area contributed by atoms with Crippen molar-refractivity contribution in [2.24, 2.45) is 0 Å². The van der Waals surface area contributed by atoms with Crippen LogP contribution in [-0.2, 0) is 16.1 Å². The first kappa shape index (κ1) is 8.64. The zero-order valence-electron chi connectivity index (χ0n) is 6.09. The summed E-state index contributed by atoms with van der Waals surface area (Å²) in [5.41, 5.74) is 0.418. The van der Waals surface area contributed by atoms with Gasteiger partial charge in [-0.3, -0.25) is 4.79 Å². The average Bonchev–Trinajstić information content (AvgIpc) is 2.07. The van der Waals surface area contributed by atoms with Crippen LogP contribution in [0, 0.1) is 11.6 Å². The Morgan fingerprint density at radius 2 is 2.08 bits per heavy atom. The van der Waals surface area contributed by atoms with Gasteiger partial charge in [0.05, 0.1) is 0 Å². The topological polar surface area (TPSA) is 26.3 Å². The molecule has 64 valence electrons. The van der Waals surface area contributed by atoms with Crippen molar-refractivity contribution in [3.63, 3.8) is 0 Å². The van der Waals surface area contributed by atoms with Crippen LogP contribution in [-0.4, -0.2) is 6.47 Å². The molecule has 0 aromatic heterocycles. The summed E-state index contributed by atoms with van der Waals surface area (Å²) in [7, 11) is 0. The molecule has 0 bridgehead atoms. The van der Waals surface area contributed by atoms with Crippen LogP contribution in [0.15, 0.2) is 18.2 Å². The zero-order valence-corrected chi connectivity index (χ0v) is 6.09. The molecule has 0 N–H and O–H groups in total. The standard InChI is InChI=1S/C8H6F2O2/c9-7-2-1-6(3-8(7)10)4-12-5-11/h1-3,5H,4H2. The Balaban J connectivity index is 2.75. The van der Waals surface area contributed by atoms with Crippen molar-refractivity contribution in [1.29, 1.82) is 0 Å². The maximum Gasteiger partial charge on any atom is 0.293 e. The molecule has 0 aliphatic rings. The van der Waals surface area contributed by atoms with Crippen molar-refractivity contribution in [3.05, 3.63) is 35.4 Å². The van der Waals surface area contributed by atoms with Crippen LogP contribution >= 0.6 is 0 Å². The molecule has 0 atom stereocenters. The summed E-state index contributed by atoms with van der Waals surface area (Å²) in [6.45, 7) is 0.210. The van der Waals surface area contributed by atoms with Gasteiger partial charge in [0.2, 0.25) is 0 Å². The molecule has 0 heterocycles. The third-order valence-electron chi connectivity index (χ3n) is 1.30. The Kier molecular flexibility index (Phi) is 2.74. The minimum absolute atomic E-state index is 0.0410. The zero-order chi connectivity index (χ0) is 8.97. The molecular formula is C8H6F2O2. The predicted molar refractivity (Wildman–Crippen MR) is 37.2 cm³/mol. The largest absolute Gasteiger partial charge is 0.463 e. The maximum absolute atomic E-state index is 12.5. The van der Waals surface area contributed by atoms with Gasteiger partial charge >= 0.3 is 0 Å². The van der Waals surface area contributed by atoms with E-state index >= 15 is 0 Å². The molecule has 0 radical (unpaired) electrons. The molecule has 0 saturated carbocycles. The summed E-state index contributed by atoms with van der Waals surface area (Å²) in [6, 6.07) is 3.32. The van der Waals surface area contributed by atoms with Gasteiger partial charge in [-0.15, -0.1) is 0 Å². The van der Waals surface area contributed by atoms with Crippen LogP contribution in [0.4, 0.5) is 8.78 Å². The second-order valence-corrected chi connectivity index (χ2v) is 2.16. The quantitative estimate of drug-likeness (QED) is 0.648. The minimum Gasteiger partial charge on any atom is -0.463 e. The summed E-state index contributed by atoms with van der Waals surface area (Å²) < 4.78 is 29.2. The fourth-order valence-electron chi connectivity index (χ4n) is 0.760. The molecule has 4 heteroatoms. The van der Waals surface area contributed by atoms with E-state index in [0.717, 1.165) is 12.1 Å². The summed E-state index contributed by atoms with van der Waals surface area (Å²) in [6.07, 6.45) is 0. The van der Waals surface area contributed by atoms with E-state index in [9.17, 15) is 13.6 Å². The lowest BCUT2D eigenvalue weighted by atomic mass is 10.2. The molecule has 0 aliphatic heterocycles. The van der Waals surface area contributed by atoms with E-state index in [1.54, 1.807) is 0 Å². The molecule has 12 heavy (non-hydrogen) atoms. The Hall–Kier alpha value is -1.45. The van der Waals surface area contributed by atoms with Crippen LogP contribution in [0.25, 0.3) is 0 Å². The van der Waals surface area contributed by atoms with Crippen LogP contribution in [0.1, 0.15) is 5.56 Å². The molecule has 2 nitrogen and oxygen atoms in total. The molecule has 0 unspecified atom stereocenters. The van der Waals surface area contributed by atoms with Gasteiger partial charge in [-0.2, -0.15) is 0 Å². The van der Waals surface area contributed by atoms with E-state index in [-0.39, 0.29) is 13.1 Å². The first-order valence-electron chi connectivity index (χ1n) is 3.23. The number of hydrogen-bond donors (Lipinski definition) is 0. The Morgan fingerprint density at radius 1 is 1.33 bits per heavy atom. The van der Waals surface area contributed by atoms with Gasteiger partial charge in [0, 0.05) is 0 Å². The number of halogens is 2. The molecule has 1 rings (SSSR count). The van der Waals surface area contributed by atoms with Gasteiger partial charge in [-0.25, -0.2) is 8.78 Å². The average molecular weight is 172 g/mol. The molecule has 0 amide bonds. The summed E-state index contributed by atoms with van der Waals surface area (Å²) >= 11 is 0. The van der Waals surface area contributed by atoms with Crippen molar-refractivity contribution in [2.75, 3.05) is 0 Å². The SMILES string of the molecule is O=COCc1ccc(F)c(F)c1. The number of carbonyl (C=O) groups is 1. The van der Waals surface area contributed by atoms with Gasteiger partial charge in [0.15, 0.2) is 11.6 Å². The van der Waals surface area contributed by atoms with Gasteiger partial charge in [0.1, 0.15) is 6.61 Å². The van der Waals surface area contributed by atoms with E-state index in [1.165, 1.54) is 6.07 Å². The van der Waals surface area contributed by atoms with Crippen LogP contribution in [0.2, 0.25) is 0 Å². The first-order valence-corrected chi connectivity index (χ1v) is 3.23. The number of ether oxygens (including phenoxy) is 1. The van der Waals surface area contributed by atoms with Crippen LogP contribution < -0.4 is 0 Å². The Morgan fingerprint density at radius 3 is 2.67 bits per heavy atom. The Bertz CT molecular complexity index is 286. The van der Waals surface area contributed by atoms with E-state index in [0.29, 0.717) is 5.56 Å². The first-order chi connectivity index (χ1) is 5.74. The van der Waals surface area contributed by atoms with Gasteiger partial charge in [-0.1, -0.05) is 6.07 Å². The number of benzene rings is 1. The maximum atomic E-state index is 12.5. The van der Waals surface area contributed by atoms with Crippen molar-refractivity contribution >= 4 is 6.47 Å². The highest BCUT2D eigenvalue weighted by molar-refractivity contribution is 5.37. The molecule has 1 aromatic carbocycles. The highest BCUT2D eigenvalue weighted by Gasteiger charge is 2.01. The number of hydrogen-bond acceptors (Lipinski definition) is 2. The fraction of sp³-hybridized carbons (Fsp3) is 0.125. The van der Waals surface area contributed by atoms with Gasteiger partial charge < -0.3 is 4.74 Å². The third-order valence-corrected chi connectivity index (χ3v) is 1.30. The lowest BCUT2D eigenvalue weighted by Gasteiger charge is -1.99. The number of rotatable bonds is 3. The van der Waals surface area contributed by atoms with E-state index in [1.807, 2.05) is 0 Å². The van der Waals surface area contributed by atoms with Gasteiger partial charge in [-0.05, 0) is 17.7 Å². The summed E-state index contributed by atoms with van der Waals surface area (Å²) in [4.78, 5) is 9.74. The van der Waals surface area contributed by atoms with E-state index in [2.05, 4.69) is 4.74 Å². The van der Waals surface area contributed by atoms with Crippen LogP contribution in [0.3, 0.4) is 0 Å².